The van der Waals surface area contributed by atoms with Crippen molar-refractivity contribution in [2.24, 2.45) is 11.8 Å². The van der Waals surface area contributed by atoms with Gasteiger partial charge in [0.05, 0.1) is 19.1 Å². The summed E-state index contributed by atoms with van der Waals surface area (Å²) >= 11 is 0. The van der Waals surface area contributed by atoms with Crippen LogP contribution in [-0.2, 0) is 9.53 Å². The number of hydrogen-bond donors (Lipinski definition) is 1. The van der Waals surface area contributed by atoms with Gasteiger partial charge in [-0.1, -0.05) is 0 Å². The van der Waals surface area contributed by atoms with Crippen molar-refractivity contribution < 1.29 is 14.6 Å². The summed E-state index contributed by atoms with van der Waals surface area (Å²) in [7, 11) is 0. The van der Waals surface area contributed by atoms with Gasteiger partial charge in [0.1, 0.15) is 0 Å². The Labute approximate surface area is 115 Å². The highest BCUT2D eigenvalue weighted by molar-refractivity contribution is 5.70. The van der Waals surface area contributed by atoms with Gasteiger partial charge in [0.2, 0.25) is 0 Å². The van der Waals surface area contributed by atoms with E-state index in [1.807, 2.05) is 0 Å². The molecule has 2 fully saturated rings. The normalized spacial score (nSPS) is 27.8. The molecule has 5 nitrogen and oxygen atoms in total. The minimum Gasteiger partial charge on any atom is -0.481 e. The Kier molecular flexibility index (Phi) is 5.19. The van der Waals surface area contributed by atoms with Crippen LogP contribution >= 0.6 is 0 Å². The van der Waals surface area contributed by atoms with Crippen LogP contribution < -0.4 is 0 Å². The zero-order chi connectivity index (χ0) is 13.8. The second kappa shape index (κ2) is 6.68. The van der Waals surface area contributed by atoms with E-state index >= 15 is 0 Å². The van der Waals surface area contributed by atoms with Gasteiger partial charge in [0.25, 0.3) is 0 Å². The molecule has 1 N–H and O–H groups in total. The quantitative estimate of drug-likeness (QED) is 0.799. The van der Waals surface area contributed by atoms with E-state index in [1.165, 1.54) is 0 Å². The van der Waals surface area contributed by atoms with Crippen molar-refractivity contribution in [1.29, 1.82) is 0 Å². The summed E-state index contributed by atoms with van der Waals surface area (Å²) in [4.78, 5) is 16.2. The maximum absolute atomic E-state index is 11.6. The second-order valence-corrected chi connectivity index (χ2v) is 6.00. The van der Waals surface area contributed by atoms with E-state index < -0.39 is 5.97 Å². The minimum absolute atomic E-state index is 0.234. The molecule has 2 heterocycles. The van der Waals surface area contributed by atoms with Gasteiger partial charge in [-0.05, 0) is 32.7 Å². The van der Waals surface area contributed by atoms with E-state index in [4.69, 9.17) is 4.74 Å². The average Bonchev–Trinajstić information content (AvgIpc) is 2.86. The van der Waals surface area contributed by atoms with E-state index in [1.54, 1.807) is 0 Å². The van der Waals surface area contributed by atoms with Gasteiger partial charge in [-0.15, -0.1) is 0 Å². The number of morpholine rings is 1. The van der Waals surface area contributed by atoms with Gasteiger partial charge < -0.3 is 14.7 Å². The molecule has 0 radical (unpaired) electrons. The van der Waals surface area contributed by atoms with Gasteiger partial charge in [-0.25, -0.2) is 0 Å². The van der Waals surface area contributed by atoms with E-state index in [0.717, 1.165) is 45.8 Å². The second-order valence-electron chi connectivity index (χ2n) is 6.00. The fourth-order valence-electron chi connectivity index (χ4n) is 3.10. The summed E-state index contributed by atoms with van der Waals surface area (Å²) in [6.07, 6.45) is 1.01. The van der Waals surface area contributed by atoms with Gasteiger partial charge in [-0.2, -0.15) is 0 Å². The Morgan fingerprint density at radius 2 is 2.00 bits per heavy atom. The minimum atomic E-state index is -0.637. The Hall–Kier alpha value is -0.650. The van der Waals surface area contributed by atoms with Crippen LogP contribution in [0.1, 0.15) is 20.3 Å². The highest BCUT2D eigenvalue weighted by atomic mass is 16.5. The van der Waals surface area contributed by atoms with Crippen LogP contribution in [0.4, 0.5) is 0 Å². The van der Waals surface area contributed by atoms with Crippen molar-refractivity contribution in [1.82, 2.24) is 9.80 Å². The number of ether oxygens (including phenoxy) is 1. The number of hydrogen-bond acceptors (Lipinski definition) is 4. The molecule has 0 bridgehead atoms. The lowest BCUT2D eigenvalue weighted by Gasteiger charge is -2.31. The fraction of sp³-hybridized carbons (Fsp3) is 0.929. The van der Waals surface area contributed by atoms with Crippen molar-refractivity contribution >= 4 is 5.97 Å². The van der Waals surface area contributed by atoms with Crippen LogP contribution in [-0.4, -0.2) is 72.9 Å². The first kappa shape index (κ1) is 14.8. The fourth-order valence-corrected chi connectivity index (χ4v) is 3.10. The van der Waals surface area contributed by atoms with E-state index in [0.29, 0.717) is 18.5 Å². The molecule has 2 saturated heterocycles. The molecular weight excluding hydrogens is 244 g/mol. The lowest BCUT2D eigenvalue weighted by atomic mass is 9.91. The smallest absolute Gasteiger partial charge is 0.308 e. The van der Waals surface area contributed by atoms with Crippen molar-refractivity contribution in [2.75, 3.05) is 45.9 Å². The van der Waals surface area contributed by atoms with Crippen LogP contribution in [0.15, 0.2) is 0 Å². The number of carboxylic acid groups (broad SMARTS) is 1. The first-order valence-electron chi connectivity index (χ1n) is 7.35. The first-order valence-corrected chi connectivity index (χ1v) is 7.35. The zero-order valence-corrected chi connectivity index (χ0v) is 12.0. The Morgan fingerprint density at radius 3 is 2.53 bits per heavy atom. The lowest BCUT2D eigenvalue weighted by molar-refractivity contribution is -0.144. The molecule has 2 aliphatic rings. The molecule has 110 valence electrons. The van der Waals surface area contributed by atoms with Crippen molar-refractivity contribution in [3.05, 3.63) is 0 Å². The van der Waals surface area contributed by atoms with Crippen LogP contribution in [0.3, 0.4) is 0 Å². The van der Waals surface area contributed by atoms with Gasteiger partial charge in [0, 0.05) is 32.2 Å². The van der Waals surface area contributed by atoms with Crippen LogP contribution in [0.2, 0.25) is 0 Å². The average molecular weight is 270 g/mol. The molecule has 0 aromatic heterocycles. The predicted molar refractivity (Wildman–Crippen MR) is 73.2 cm³/mol. The summed E-state index contributed by atoms with van der Waals surface area (Å²) < 4.78 is 5.32. The maximum Gasteiger partial charge on any atom is 0.308 e. The van der Waals surface area contributed by atoms with Crippen LogP contribution in [0, 0.1) is 11.8 Å². The molecule has 0 aromatic carbocycles. The number of carbonyl (C=O) groups is 1. The Balaban J connectivity index is 1.90. The van der Waals surface area contributed by atoms with Gasteiger partial charge in [-0.3, -0.25) is 9.69 Å². The van der Waals surface area contributed by atoms with Crippen LogP contribution in [0.25, 0.3) is 0 Å². The molecular formula is C14H26N2O3. The molecule has 5 heteroatoms. The summed E-state index contributed by atoms with van der Waals surface area (Å²) in [6.45, 7) is 10.2. The summed E-state index contributed by atoms with van der Waals surface area (Å²) in [5, 5.41) is 9.51. The topological polar surface area (TPSA) is 53.0 Å². The largest absolute Gasteiger partial charge is 0.481 e. The molecule has 0 saturated carbocycles. The van der Waals surface area contributed by atoms with E-state index in [2.05, 4.69) is 23.6 Å². The molecule has 19 heavy (non-hydrogen) atoms. The molecule has 0 amide bonds. The molecule has 0 aliphatic carbocycles. The Bertz CT molecular complexity index is 303. The highest BCUT2D eigenvalue weighted by Gasteiger charge is 2.35. The molecule has 2 rings (SSSR count). The maximum atomic E-state index is 11.6. The molecule has 0 aromatic rings. The monoisotopic (exact) mass is 270 g/mol. The number of carboxylic acids is 1. The molecule has 2 atom stereocenters. The third-order valence-corrected chi connectivity index (χ3v) is 4.43. The standard InChI is InChI=1S/C14H26N2O3/c1-11(2)16-4-3-12(9-16)13(14(17)18)10-15-5-7-19-8-6-15/h11-13H,3-10H2,1-2H3,(H,17,18). The lowest BCUT2D eigenvalue weighted by Crippen LogP contribution is -2.43. The first-order chi connectivity index (χ1) is 9.08. The van der Waals surface area contributed by atoms with E-state index in [9.17, 15) is 9.90 Å². The Morgan fingerprint density at radius 1 is 1.32 bits per heavy atom. The molecule has 2 unspecified atom stereocenters. The summed E-state index contributed by atoms with van der Waals surface area (Å²) in [5.41, 5.74) is 0. The number of rotatable bonds is 5. The highest BCUT2D eigenvalue weighted by Crippen LogP contribution is 2.27. The van der Waals surface area contributed by atoms with Crippen molar-refractivity contribution in [2.45, 2.75) is 26.3 Å². The molecule has 2 aliphatic heterocycles. The third-order valence-electron chi connectivity index (χ3n) is 4.43. The summed E-state index contributed by atoms with van der Waals surface area (Å²) in [5.74, 6) is -0.577. The molecule has 0 spiro atoms. The predicted octanol–water partition coefficient (Wildman–Crippen LogP) is 0.750. The van der Waals surface area contributed by atoms with Crippen molar-refractivity contribution in [3.63, 3.8) is 0 Å². The van der Waals surface area contributed by atoms with Crippen molar-refractivity contribution in [3.8, 4) is 0 Å². The summed E-state index contributed by atoms with van der Waals surface area (Å²) in [6, 6.07) is 0.517. The SMILES string of the molecule is CC(C)N1CCC(C(CN2CCOCC2)C(=O)O)C1. The van der Waals surface area contributed by atoms with Crippen LogP contribution in [0.5, 0.6) is 0 Å². The zero-order valence-electron chi connectivity index (χ0n) is 12.0. The van der Waals surface area contributed by atoms with Gasteiger partial charge in [0.15, 0.2) is 0 Å². The van der Waals surface area contributed by atoms with E-state index in [-0.39, 0.29) is 5.92 Å². The van der Waals surface area contributed by atoms with Gasteiger partial charge >= 0.3 is 5.97 Å². The number of aliphatic carboxylic acids is 1. The third kappa shape index (κ3) is 3.91. The number of likely N-dealkylation sites (tertiary alicyclic amines) is 1. The number of nitrogens with zero attached hydrogens (tertiary/aromatic N) is 2.